The first-order valence-electron chi connectivity index (χ1n) is 8.84. The molecule has 1 atom stereocenters. The van der Waals surface area contributed by atoms with Gasteiger partial charge in [0, 0.05) is 38.0 Å². The number of aliphatic hydroxyl groups excluding tert-OH is 1. The molecular weight excluding hydrogens is 334 g/mol. The largest absolute Gasteiger partial charge is 0.396 e. The van der Waals surface area contributed by atoms with Gasteiger partial charge >= 0.3 is 0 Å². The van der Waals surface area contributed by atoms with Crippen LogP contribution in [-0.4, -0.2) is 39.2 Å². The summed E-state index contributed by atoms with van der Waals surface area (Å²) in [6, 6.07) is 7.40. The number of aromatic nitrogens is 2. The molecular formula is C18H23N5O3. The summed E-state index contributed by atoms with van der Waals surface area (Å²) in [5, 5.41) is 23.0. The molecule has 8 heteroatoms. The molecule has 1 fully saturated rings. The summed E-state index contributed by atoms with van der Waals surface area (Å²) in [7, 11) is 0. The van der Waals surface area contributed by atoms with Crippen LogP contribution < -0.4 is 10.2 Å². The minimum absolute atomic E-state index is 0.0273. The quantitative estimate of drug-likeness (QED) is 0.580. The summed E-state index contributed by atoms with van der Waals surface area (Å²) >= 11 is 0. The third kappa shape index (κ3) is 4.45. The number of rotatable bonds is 7. The van der Waals surface area contributed by atoms with Crippen LogP contribution in [0.2, 0.25) is 0 Å². The van der Waals surface area contributed by atoms with Gasteiger partial charge in [-0.15, -0.1) is 0 Å². The van der Waals surface area contributed by atoms with Crippen LogP contribution >= 0.6 is 0 Å². The first kappa shape index (κ1) is 18.1. The zero-order chi connectivity index (χ0) is 18.4. The SMILES string of the molecule is O=[N+]([O-])c1ccc(NCc2ccc(N3CCCC[C@@H]3CCO)nc2)nc1. The Hall–Kier alpha value is -2.74. The lowest BCUT2D eigenvalue weighted by molar-refractivity contribution is -0.385. The Morgan fingerprint density at radius 2 is 2.12 bits per heavy atom. The molecule has 0 radical (unpaired) electrons. The molecule has 1 saturated heterocycles. The van der Waals surface area contributed by atoms with E-state index in [1.165, 1.54) is 18.7 Å². The van der Waals surface area contributed by atoms with Crippen LogP contribution in [0.5, 0.6) is 0 Å². The number of pyridine rings is 2. The molecule has 2 N–H and O–H groups in total. The molecule has 3 rings (SSSR count). The molecule has 2 aromatic heterocycles. The van der Waals surface area contributed by atoms with E-state index >= 15 is 0 Å². The third-order valence-electron chi connectivity index (χ3n) is 4.63. The lowest BCUT2D eigenvalue weighted by Crippen LogP contribution is -2.40. The Balaban J connectivity index is 1.59. The first-order valence-corrected chi connectivity index (χ1v) is 8.84. The van der Waals surface area contributed by atoms with Gasteiger partial charge in [0.2, 0.25) is 0 Å². The zero-order valence-electron chi connectivity index (χ0n) is 14.5. The summed E-state index contributed by atoms with van der Waals surface area (Å²) < 4.78 is 0. The number of anilines is 2. The smallest absolute Gasteiger partial charge is 0.287 e. The Morgan fingerprint density at radius 3 is 2.77 bits per heavy atom. The minimum atomic E-state index is -0.468. The average molecular weight is 357 g/mol. The maximum absolute atomic E-state index is 10.6. The molecule has 0 saturated carbocycles. The highest BCUT2D eigenvalue weighted by Crippen LogP contribution is 2.25. The van der Waals surface area contributed by atoms with Crippen LogP contribution in [0.25, 0.3) is 0 Å². The minimum Gasteiger partial charge on any atom is -0.396 e. The van der Waals surface area contributed by atoms with Crippen LogP contribution in [0.4, 0.5) is 17.3 Å². The van der Waals surface area contributed by atoms with Crippen molar-refractivity contribution in [1.29, 1.82) is 0 Å². The van der Waals surface area contributed by atoms with Gasteiger partial charge in [-0.25, -0.2) is 9.97 Å². The van der Waals surface area contributed by atoms with Crippen molar-refractivity contribution in [3.8, 4) is 0 Å². The second-order valence-electron chi connectivity index (χ2n) is 6.39. The Labute approximate surface area is 152 Å². The molecule has 8 nitrogen and oxygen atoms in total. The van der Waals surface area contributed by atoms with E-state index in [1.54, 1.807) is 6.07 Å². The van der Waals surface area contributed by atoms with Gasteiger partial charge in [-0.05, 0) is 43.4 Å². The van der Waals surface area contributed by atoms with Crippen molar-refractivity contribution in [2.24, 2.45) is 0 Å². The molecule has 0 aromatic carbocycles. The van der Waals surface area contributed by atoms with Crippen molar-refractivity contribution in [3.05, 3.63) is 52.3 Å². The summed E-state index contributed by atoms with van der Waals surface area (Å²) in [6.45, 7) is 1.71. The van der Waals surface area contributed by atoms with E-state index in [1.807, 2.05) is 18.3 Å². The molecule has 26 heavy (non-hydrogen) atoms. The molecule has 0 aliphatic carbocycles. The Morgan fingerprint density at radius 1 is 1.23 bits per heavy atom. The molecule has 138 valence electrons. The number of nitrogens with one attached hydrogen (secondary N) is 1. The molecule has 0 unspecified atom stereocenters. The zero-order valence-corrected chi connectivity index (χ0v) is 14.5. The van der Waals surface area contributed by atoms with Crippen LogP contribution in [0.3, 0.4) is 0 Å². The molecule has 1 aliphatic rings. The van der Waals surface area contributed by atoms with Crippen LogP contribution in [0.15, 0.2) is 36.7 Å². The van der Waals surface area contributed by atoms with E-state index in [-0.39, 0.29) is 12.3 Å². The average Bonchev–Trinajstić information content (AvgIpc) is 2.68. The summed E-state index contributed by atoms with van der Waals surface area (Å²) in [4.78, 5) is 21.1. The summed E-state index contributed by atoms with van der Waals surface area (Å²) in [5.41, 5.74) is 0.977. The van der Waals surface area contributed by atoms with Crippen LogP contribution in [0.1, 0.15) is 31.2 Å². The maximum Gasteiger partial charge on any atom is 0.287 e. The van der Waals surface area contributed by atoms with Gasteiger partial charge in [-0.2, -0.15) is 0 Å². The van der Waals surface area contributed by atoms with Crippen LogP contribution in [-0.2, 0) is 6.54 Å². The molecule has 2 aromatic rings. The van der Waals surface area contributed by atoms with Crippen molar-refractivity contribution < 1.29 is 10.0 Å². The highest BCUT2D eigenvalue weighted by molar-refractivity contribution is 5.43. The van der Waals surface area contributed by atoms with Crippen molar-refractivity contribution in [2.45, 2.75) is 38.3 Å². The topological polar surface area (TPSA) is 104 Å². The number of nitrogens with zero attached hydrogens (tertiary/aromatic N) is 4. The predicted octanol–water partition coefficient (Wildman–Crippen LogP) is 2.74. The van der Waals surface area contributed by atoms with E-state index in [0.717, 1.165) is 37.2 Å². The van der Waals surface area contributed by atoms with Gasteiger partial charge in [0.15, 0.2) is 0 Å². The fourth-order valence-corrected chi connectivity index (χ4v) is 3.23. The summed E-state index contributed by atoms with van der Waals surface area (Å²) in [6.07, 6.45) is 7.29. The fraction of sp³-hybridized carbons (Fsp3) is 0.444. The number of piperidine rings is 1. The van der Waals surface area contributed by atoms with Gasteiger partial charge in [0.1, 0.15) is 17.8 Å². The molecule has 0 amide bonds. The van der Waals surface area contributed by atoms with Crippen molar-refractivity contribution in [3.63, 3.8) is 0 Å². The Bertz CT molecular complexity index is 719. The van der Waals surface area contributed by atoms with Gasteiger partial charge in [-0.1, -0.05) is 6.07 Å². The van der Waals surface area contributed by atoms with Crippen molar-refractivity contribution >= 4 is 17.3 Å². The maximum atomic E-state index is 10.6. The lowest BCUT2D eigenvalue weighted by Gasteiger charge is -2.36. The number of nitro groups is 1. The first-order chi connectivity index (χ1) is 12.7. The van der Waals surface area contributed by atoms with Gasteiger partial charge < -0.3 is 15.3 Å². The van der Waals surface area contributed by atoms with E-state index < -0.39 is 4.92 Å². The highest BCUT2D eigenvalue weighted by atomic mass is 16.6. The molecule has 0 spiro atoms. The predicted molar refractivity (Wildman–Crippen MR) is 99.1 cm³/mol. The Kier molecular flexibility index (Phi) is 5.96. The van der Waals surface area contributed by atoms with Gasteiger partial charge in [-0.3, -0.25) is 10.1 Å². The van der Waals surface area contributed by atoms with Crippen molar-refractivity contribution in [2.75, 3.05) is 23.4 Å². The van der Waals surface area contributed by atoms with E-state index in [2.05, 4.69) is 20.2 Å². The normalized spacial score (nSPS) is 17.1. The number of hydrogen-bond donors (Lipinski definition) is 2. The van der Waals surface area contributed by atoms with Gasteiger partial charge in [0.25, 0.3) is 5.69 Å². The van der Waals surface area contributed by atoms with E-state index in [4.69, 9.17) is 0 Å². The second-order valence-corrected chi connectivity index (χ2v) is 6.39. The number of hydrogen-bond acceptors (Lipinski definition) is 7. The van der Waals surface area contributed by atoms with Gasteiger partial charge in [0.05, 0.1) is 4.92 Å². The standard InChI is InChI=1S/C18H23N5O3/c24-10-8-15-3-1-2-9-22(15)18-7-4-14(12-21-18)11-19-17-6-5-16(13-20-17)23(25)26/h4-7,12-13,15,24H,1-3,8-11H2,(H,19,20)/t15-/m1/s1. The number of aliphatic hydroxyl groups is 1. The molecule has 1 aliphatic heterocycles. The van der Waals surface area contributed by atoms with E-state index in [0.29, 0.717) is 18.4 Å². The molecule has 0 bridgehead atoms. The molecule has 3 heterocycles. The highest BCUT2D eigenvalue weighted by Gasteiger charge is 2.22. The monoisotopic (exact) mass is 357 g/mol. The van der Waals surface area contributed by atoms with E-state index in [9.17, 15) is 15.2 Å². The fourth-order valence-electron chi connectivity index (χ4n) is 3.23. The lowest BCUT2D eigenvalue weighted by atomic mass is 9.99. The third-order valence-corrected chi connectivity index (χ3v) is 4.63. The summed E-state index contributed by atoms with van der Waals surface area (Å²) in [5.74, 6) is 1.53. The van der Waals surface area contributed by atoms with Crippen LogP contribution in [0, 0.1) is 10.1 Å². The second kappa shape index (κ2) is 8.57. The van der Waals surface area contributed by atoms with Crippen molar-refractivity contribution in [1.82, 2.24) is 9.97 Å².